The molecule has 1 heterocycles. The van der Waals surface area contributed by atoms with Crippen molar-refractivity contribution in [1.82, 2.24) is 9.78 Å². The van der Waals surface area contributed by atoms with Gasteiger partial charge >= 0.3 is 11.5 Å². The van der Waals surface area contributed by atoms with Crippen LogP contribution in [0.1, 0.15) is 20.3 Å². The Morgan fingerprint density at radius 1 is 1.11 bits per heavy atom. The van der Waals surface area contributed by atoms with Crippen LogP contribution in [0, 0.1) is 0 Å². The van der Waals surface area contributed by atoms with Crippen molar-refractivity contribution in [2.45, 2.75) is 30.8 Å². The molecule has 11 heteroatoms. The molecule has 0 radical (unpaired) electrons. The molecule has 9 nitrogen and oxygen atoms in total. The molecular weight excluding hydrogens is 494 g/mol. The summed E-state index contributed by atoms with van der Waals surface area (Å²) < 4.78 is 36.0. The minimum absolute atomic E-state index is 0.0167. The van der Waals surface area contributed by atoms with Gasteiger partial charge in [-0.25, -0.2) is 8.42 Å². The number of nitrogens with two attached hydrogens (primary N) is 1. The van der Waals surface area contributed by atoms with Crippen LogP contribution in [-0.2, 0) is 19.4 Å². The molecule has 0 bridgehead atoms. The summed E-state index contributed by atoms with van der Waals surface area (Å²) in [4.78, 5) is 25.1. The molecule has 0 atom stereocenters. The van der Waals surface area contributed by atoms with Crippen molar-refractivity contribution in [3.05, 3.63) is 70.1 Å². The number of esters is 1. The van der Waals surface area contributed by atoms with Crippen LogP contribution in [-0.4, -0.2) is 49.2 Å². The molecule has 35 heavy (non-hydrogen) atoms. The lowest BCUT2D eigenvalue weighted by Crippen LogP contribution is -2.33. The van der Waals surface area contributed by atoms with E-state index in [1.165, 1.54) is 23.0 Å². The first-order valence-electron chi connectivity index (χ1n) is 10.6. The highest BCUT2D eigenvalue weighted by Crippen LogP contribution is 2.28. The van der Waals surface area contributed by atoms with Gasteiger partial charge in [-0.15, -0.1) is 0 Å². The van der Waals surface area contributed by atoms with E-state index in [1.807, 2.05) is 0 Å². The summed E-state index contributed by atoms with van der Waals surface area (Å²) in [5.74, 6) is -0.529. The van der Waals surface area contributed by atoms with Crippen molar-refractivity contribution < 1.29 is 22.7 Å². The topological polar surface area (TPSA) is 131 Å². The SMILES string of the molecule is CC(C)(CCOc1c(-c2ccc(S(C)(=O)=O)cc2)cnn(-c2ccc(Cl)cc2)c1=O)OC(=O)CN. The quantitative estimate of drug-likeness (QED) is 0.427. The van der Waals surface area contributed by atoms with E-state index in [1.54, 1.807) is 50.2 Å². The van der Waals surface area contributed by atoms with Gasteiger partial charge in [0.15, 0.2) is 15.6 Å². The number of halogens is 1. The summed E-state index contributed by atoms with van der Waals surface area (Å²) in [6.07, 6.45) is 2.87. The highest BCUT2D eigenvalue weighted by Gasteiger charge is 2.24. The number of benzene rings is 2. The van der Waals surface area contributed by atoms with Gasteiger partial charge in [-0.3, -0.25) is 9.59 Å². The maximum Gasteiger partial charge on any atom is 0.320 e. The molecule has 0 aliphatic heterocycles. The summed E-state index contributed by atoms with van der Waals surface area (Å²) >= 11 is 5.96. The molecule has 3 rings (SSSR count). The third-order valence-corrected chi connectivity index (χ3v) is 6.49. The Hall–Kier alpha value is -3.21. The number of hydrogen-bond donors (Lipinski definition) is 1. The second-order valence-electron chi connectivity index (χ2n) is 8.41. The lowest BCUT2D eigenvalue weighted by Gasteiger charge is -2.25. The van der Waals surface area contributed by atoms with Gasteiger partial charge in [-0.05, 0) is 55.8 Å². The number of rotatable bonds is 9. The fourth-order valence-corrected chi connectivity index (χ4v) is 3.99. The van der Waals surface area contributed by atoms with E-state index in [0.29, 0.717) is 21.8 Å². The number of aromatic nitrogens is 2. The van der Waals surface area contributed by atoms with Crippen molar-refractivity contribution in [3.8, 4) is 22.6 Å². The normalized spacial score (nSPS) is 11.8. The lowest BCUT2D eigenvalue weighted by atomic mass is 10.1. The monoisotopic (exact) mass is 519 g/mol. The Morgan fingerprint density at radius 2 is 1.74 bits per heavy atom. The van der Waals surface area contributed by atoms with Crippen LogP contribution >= 0.6 is 11.6 Å². The fourth-order valence-electron chi connectivity index (χ4n) is 3.23. The first kappa shape index (κ1) is 26.4. The zero-order valence-electron chi connectivity index (χ0n) is 19.5. The van der Waals surface area contributed by atoms with Crippen LogP contribution in [0.3, 0.4) is 0 Å². The number of hydrogen-bond acceptors (Lipinski definition) is 8. The number of sulfone groups is 1. The van der Waals surface area contributed by atoms with Crippen molar-refractivity contribution in [2.24, 2.45) is 5.73 Å². The molecule has 186 valence electrons. The number of carbonyl (C=O) groups is 1. The third kappa shape index (κ3) is 6.68. The largest absolute Gasteiger partial charge is 0.487 e. The van der Waals surface area contributed by atoms with Gasteiger partial charge in [0, 0.05) is 23.3 Å². The van der Waals surface area contributed by atoms with Gasteiger partial charge in [0.1, 0.15) is 5.60 Å². The minimum atomic E-state index is -3.38. The highest BCUT2D eigenvalue weighted by molar-refractivity contribution is 7.90. The first-order valence-corrected chi connectivity index (χ1v) is 12.9. The standard InChI is InChI=1S/C24H26ClN3O6S/c1-24(2,34-21(29)14-26)12-13-33-22-20(16-4-10-19(11-5-16)35(3,31)32)15-27-28(23(22)30)18-8-6-17(25)7-9-18/h4-11,15H,12-14,26H2,1-3H3. The Bertz CT molecular complexity index is 1370. The second-order valence-corrected chi connectivity index (χ2v) is 10.9. The summed E-state index contributed by atoms with van der Waals surface area (Å²) in [5.41, 5.74) is 5.36. The van der Waals surface area contributed by atoms with E-state index in [2.05, 4.69) is 5.10 Å². The van der Waals surface area contributed by atoms with Crippen LogP contribution in [0.5, 0.6) is 5.75 Å². The predicted octanol–water partition coefficient (Wildman–Crippen LogP) is 3.01. The first-order chi connectivity index (χ1) is 16.4. The van der Waals surface area contributed by atoms with E-state index in [4.69, 9.17) is 26.8 Å². The Kier molecular flexibility index (Phi) is 7.99. The molecule has 0 aliphatic carbocycles. The second kappa shape index (κ2) is 10.6. The van der Waals surface area contributed by atoms with Crippen molar-refractivity contribution in [1.29, 1.82) is 0 Å². The molecule has 0 amide bonds. The summed E-state index contributed by atoms with van der Waals surface area (Å²) in [6.45, 7) is 3.24. The van der Waals surface area contributed by atoms with E-state index in [-0.39, 0.29) is 30.2 Å². The average molecular weight is 520 g/mol. The number of carbonyl (C=O) groups excluding carboxylic acids is 1. The smallest absolute Gasteiger partial charge is 0.320 e. The van der Waals surface area contributed by atoms with E-state index < -0.39 is 27.0 Å². The Balaban J connectivity index is 2.00. The van der Waals surface area contributed by atoms with Crippen molar-refractivity contribution in [3.63, 3.8) is 0 Å². The third-order valence-electron chi connectivity index (χ3n) is 5.11. The molecule has 2 N–H and O–H groups in total. The molecule has 0 saturated heterocycles. The molecule has 0 spiro atoms. The van der Waals surface area contributed by atoms with Gasteiger partial charge in [-0.2, -0.15) is 9.78 Å². The van der Waals surface area contributed by atoms with Crippen molar-refractivity contribution in [2.75, 3.05) is 19.4 Å². The molecule has 3 aromatic rings. The van der Waals surface area contributed by atoms with Gasteiger partial charge in [-0.1, -0.05) is 23.7 Å². The highest BCUT2D eigenvalue weighted by atomic mass is 35.5. The minimum Gasteiger partial charge on any atom is -0.487 e. The molecule has 0 unspecified atom stereocenters. The molecule has 0 aliphatic rings. The maximum atomic E-state index is 13.4. The Labute approximate surface area is 208 Å². The number of ether oxygens (including phenoxy) is 2. The molecule has 0 fully saturated rings. The zero-order chi connectivity index (χ0) is 25.8. The van der Waals surface area contributed by atoms with E-state index >= 15 is 0 Å². The molecule has 2 aromatic carbocycles. The molecular formula is C24H26ClN3O6S. The average Bonchev–Trinajstić information content (AvgIpc) is 2.80. The molecule has 0 saturated carbocycles. The fraction of sp³-hybridized carbons (Fsp3) is 0.292. The van der Waals surface area contributed by atoms with Crippen molar-refractivity contribution >= 4 is 27.4 Å². The Morgan fingerprint density at radius 3 is 2.31 bits per heavy atom. The van der Waals surface area contributed by atoms with Crippen LogP contribution < -0.4 is 16.0 Å². The summed E-state index contributed by atoms with van der Waals surface area (Å²) in [5, 5.41) is 4.78. The van der Waals surface area contributed by atoms with Crippen LogP contribution in [0.15, 0.2) is 64.4 Å². The van der Waals surface area contributed by atoms with Crippen LogP contribution in [0.4, 0.5) is 0 Å². The van der Waals surface area contributed by atoms with Gasteiger partial charge in [0.2, 0.25) is 0 Å². The van der Waals surface area contributed by atoms with E-state index in [0.717, 1.165) is 6.26 Å². The molecule has 1 aromatic heterocycles. The summed E-state index contributed by atoms with van der Waals surface area (Å²) in [7, 11) is -3.38. The van der Waals surface area contributed by atoms with Crippen LogP contribution in [0.25, 0.3) is 16.8 Å². The van der Waals surface area contributed by atoms with Gasteiger partial charge < -0.3 is 15.2 Å². The maximum absolute atomic E-state index is 13.4. The lowest BCUT2D eigenvalue weighted by molar-refractivity contribution is -0.155. The van der Waals surface area contributed by atoms with Gasteiger partial charge in [0.05, 0.1) is 29.9 Å². The summed E-state index contributed by atoms with van der Waals surface area (Å²) in [6, 6.07) is 12.6. The van der Waals surface area contributed by atoms with Crippen LogP contribution in [0.2, 0.25) is 5.02 Å². The number of nitrogens with zero attached hydrogens (tertiary/aromatic N) is 2. The van der Waals surface area contributed by atoms with E-state index in [9.17, 15) is 18.0 Å². The zero-order valence-corrected chi connectivity index (χ0v) is 21.1. The predicted molar refractivity (Wildman–Crippen MR) is 133 cm³/mol. The van der Waals surface area contributed by atoms with Gasteiger partial charge in [0.25, 0.3) is 0 Å².